The number of nitrogens with zero attached hydrogens (tertiary/aromatic N) is 3. The van der Waals surface area contributed by atoms with Gasteiger partial charge >= 0.3 is 5.97 Å². The van der Waals surface area contributed by atoms with Crippen LogP contribution in [0.25, 0.3) is 5.65 Å². The molecule has 0 N–H and O–H groups in total. The Morgan fingerprint density at radius 2 is 1.89 bits per heavy atom. The van der Waals surface area contributed by atoms with Gasteiger partial charge < -0.3 is 9.47 Å². The highest BCUT2D eigenvalue weighted by Gasteiger charge is 2.24. The number of carbonyl (C=O) groups is 1. The molecule has 6 heteroatoms. The smallest absolute Gasteiger partial charge is 0.338 e. The first-order valence-corrected chi connectivity index (χ1v) is 5.90. The van der Waals surface area contributed by atoms with Crippen molar-refractivity contribution < 1.29 is 14.3 Å². The van der Waals surface area contributed by atoms with Crippen molar-refractivity contribution in [3.63, 3.8) is 0 Å². The maximum Gasteiger partial charge on any atom is 0.338 e. The van der Waals surface area contributed by atoms with Crippen LogP contribution in [0.15, 0.2) is 12.1 Å². The van der Waals surface area contributed by atoms with E-state index in [1.807, 2.05) is 20.8 Å². The van der Waals surface area contributed by atoms with Crippen LogP contribution in [-0.2, 0) is 10.2 Å². The summed E-state index contributed by atoms with van der Waals surface area (Å²) in [5.74, 6) is 0.852. The van der Waals surface area contributed by atoms with Crippen molar-refractivity contribution in [1.82, 2.24) is 14.6 Å². The Bertz CT molecular complexity index is 626. The molecule has 0 aliphatic carbocycles. The molecule has 0 saturated carbocycles. The summed E-state index contributed by atoms with van der Waals surface area (Å²) in [6, 6.07) is 3.26. The van der Waals surface area contributed by atoms with Crippen LogP contribution >= 0.6 is 0 Å². The number of rotatable bonds is 2. The van der Waals surface area contributed by atoms with E-state index in [0.717, 1.165) is 5.82 Å². The second-order valence-electron chi connectivity index (χ2n) is 5.25. The van der Waals surface area contributed by atoms with E-state index in [-0.39, 0.29) is 5.41 Å². The number of methoxy groups -OCH3 is 2. The molecule has 0 unspecified atom stereocenters. The third-order valence-electron chi connectivity index (χ3n) is 2.77. The monoisotopic (exact) mass is 263 g/mol. The molecule has 19 heavy (non-hydrogen) atoms. The number of carbonyl (C=O) groups excluding carboxylic acids is 1. The summed E-state index contributed by atoms with van der Waals surface area (Å²) in [6.07, 6.45) is 0. The van der Waals surface area contributed by atoms with Crippen LogP contribution in [0.4, 0.5) is 0 Å². The van der Waals surface area contributed by atoms with E-state index in [0.29, 0.717) is 17.1 Å². The molecule has 2 heterocycles. The molecular formula is C13H17N3O3. The minimum absolute atomic E-state index is 0.181. The van der Waals surface area contributed by atoms with Crippen molar-refractivity contribution in [2.75, 3.05) is 14.2 Å². The van der Waals surface area contributed by atoms with Gasteiger partial charge in [-0.2, -0.15) is 0 Å². The highest BCUT2D eigenvalue weighted by molar-refractivity contribution is 5.90. The van der Waals surface area contributed by atoms with Crippen molar-refractivity contribution in [3.05, 3.63) is 23.5 Å². The Hall–Kier alpha value is -2.11. The van der Waals surface area contributed by atoms with E-state index in [9.17, 15) is 4.79 Å². The standard InChI is InChI=1S/C13H17N3O3/c1-13(2,3)12-15-14-9-6-8(11(17)19-5)7-10(18-4)16(9)12/h6-7H,1-5H3. The molecule has 0 radical (unpaired) electrons. The van der Waals surface area contributed by atoms with E-state index >= 15 is 0 Å². The molecule has 2 rings (SSSR count). The van der Waals surface area contributed by atoms with Gasteiger partial charge in [0.25, 0.3) is 0 Å². The molecule has 0 saturated heterocycles. The molecule has 0 fully saturated rings. The Balaban J connectivity index is 2.72. The van der Waals surface area contributed by atoms with Crippen molar-refractivity contribution in [2.24, 2.45) is 0 Å². The summed E-state index contributed by atoms with van der Waals surface area (Å²) in [6.45, 7) is 6.12. The van der Waals surface area contributed by atoms with E-state index in [1.165, 1.54) is 7.11 Å². The van der Waals surface area contributed by atoms with Gasteiger partial charge in [0.1, 0.15) is 5.82 Å². The first-order chi connectivity index (χ1) is 8.88. The van der Waals surface area contributed by atoms with Crippen molar-refractivity contribution in [2.45, 2.75) is 26.2 Å². The maximum absolute atomic E-state index is 11.6. The molecule has 0 bridgehead atoms. The van der Waals surface area contributed by atoms with Gasteiger partial charge in [-0.15, -0.1) is 10.2 Å². The molecule has 2 aromatic rings. The SMILES string of the molecule is COC(=O)c1cc(OC)n2c(C(C)(C)C)nnc2c1. The van der Waals surface area contributed by atoms with Gasteiger partial charge in [0, 0.05) is 11.5 Å². The van der Waals surface area contributed by atoms with Crippen molar-refractivity contribution in [1.29, 1.82) is 0 Å². The zero-order valence-corrected chi connectivity index (χ0v) is 11.7. The lowest BCUT2D eigenvalue weighted by Gasteiger charge is -2.17. The topological polar surface area (TPSA) is 65.7 Å². The highest BCUT2D eigenvalue weighted by Crippen LogP contribution is 2.26. The first kappa shape index (κ1) is 13.3. The van der Waals surface area contributed by atoms with Crippen LogP contribution in [-0.4, -0.2) is 34.8 Å². The summed E-state index contributed by atoms with van der Waals surface area (Å²) in [5.41, 5.74) is 0.767. The van der Waals surface area contributed by atoms with Gasteiger partial charge in [0.05, 0.1) is 19.8 Å². The number of esters is 1. The minimum atomic E-state index is -0.430. The van der Waals surface area contributed by atoms with Crippen LogP contribution in [0.1, 0.15) is 37.0 Å². The minimum Gasteiger partial charge on any atom is -0.482 e. The lowest BCUT2D eigenvalue weighted by Crippen LogP contribution is -2.17. The molecule has 6 nitrogen and oxygen atoms in total. The van der Waals surface area contributed by atoms with E-state index in [4.69, 9.17) is 9.47 Å². The molecule has 0 aliphatic rings. The lowest BCUT2D eigenvalue weighted by molar-refractivity contribution is 0.0600. The van der Waals surface area contributed by atoms with Gasteiger partial charge in [0.2, 0.25) is 5.88 Å². The van der Waals surface area contributed by atoms with Gasteiger partial charge in [-0.1, -0.05) is 20.8 Å². The normalized spacial score (nSPS) is 11.6. The number of aromatic nitrogens is 3. The molecule has 0 spiro atoms. The second-order valence-corrected chi connectivity index (χ2v) is 5.25. The fourth-order valence-electron chi connectivity index (χ4n) is 1.86. The highest BCUT2D eigenvalue weighted by atomic mass is 16.5. The molecular weight excluding hydrogens is 246 g/mol. The van der Waals surface area contributed by atoms with E-state index in [1.54, 1.807) is 23.6 Å². The second kappa shape index (κ2) is 4.53. The number of pyridine rings is 1. The number of hydrogen-bond donors (Lipinski definition) is 0. The van der Waals surface area contributed by atoms with E-state index < -0.39 is 5.97 Å². The summed E-state index contributed by atoms with van der Waals surface area (Å²) >= 11 is 0. The summed E-state index contributed by atoms with van der Waals surface area (Å²) in [5, 5.41) is 8.28. The zero-order chi connectivity index (χ0) is 14.2. The molecule has 2 aromatic heterocycles. The Kier molecular flexibility index (Phi) is 3.18. The molecule has 102 valence electrons. The molecule has 0 amide bonds. The molecule has 0 atom stereocenters. The molecule has 0 aliphatic heterocycles. The Morgan fingerprint density at radius 3 is 2.42 bits per heavy atom. The van der Waals surface area contributed by atoms with Crippen LogP contribution in [0.5, 0.6) is 5.88 Å². The summed E-state index contributed by atoms with van der Waals surface area (Å²) in [7, 11) is 2.88. The Morgan fingerprint density at radius 1 is 1.21 bits per heavy atom. The van der Waals surface area contributed by atoms with Crippen LogP contribution < -0.4 is 4.74 Å². The first-order valence-electron chi connectivity index (χ1n) is 5.90. The fraction of sp³-hybridized carbons (Fsp3) is 0.462. The van der Waals surface area contributed by atoms with Crippen LogP contribution in [0, 0.1) is 0 Å². The maximum atomic E-state index is 11.6. The number of ether oxygens (including phenoxy) is 2. The zero-order valence-electron chi connectivity index (χ0n) is 11.7. The van der Waals surface area contributed by atoms with E-state index in [2.05, 4.69) is 10.2 Å². The largest absolute Gasteiger partial charge is 0.482 e. The van der Waals surface area contributed by atoms with Gasteiger partial charge in [-0.3, -0.25) is 0 Å². The quantitative estimate of drug-likeness (QED) is 0.773. The average molecular weight is 263 g/mol. The predicted molar refractivity (Wildman–Crippen MR) is 69.6 cm³/mol. The lowest BCUT2D eigenvalue weighted by atomic mass is 9.96. The van der Waals surface area contributed by atoms with Crippen molar-refractivity contribution in [3.8, 4) is 5.88 Å². The summed E-state index contributed by atoms with van der Waals surface area (Å²) in [4.78, 5) is 11.6. The Labute approximate surface area is 111 Å². The van der Waals surface area contributed by atoms with Crippen LogP contribution in [0.2, 0.25) is 0 Å². The number of hydrogen-bond acceptors (Lipinski definition) is 5. The fourth-order valence-corrected chi connectivity index (χ4v) is 1.86. The third kappa shape index (κ3) is 2.25. The summed E-state index contributed by atoms with van der Waals surface area (Å²) < 4.78 is 11.8. The third-order valence-corrected chi connectivity index (χ3v) is 2.77. The van der Waals surface area contributed by atoms with Gasteiger partial charge in [-0.25, -0.2) is 9.20 Å². The van der Waals surface area contributed by atoms with Gasteiger partial charge in [-0.05, 0) is 6.07 Å². The molecule has 0 aromatic carbocycles. The average Bonchev–Trinajstić information content (AvgIpc) is 2.80. The number of fused-ring (bicyclic) bond motifs is 1. The van der Waals surface area contributed by atoms with Crippen molar-refractivity contribution >= 4 is 11.6 Å². The van der Waals surface area contributed by atoms with Gasteiger partial charge in [0.15, 0.2) is 5.65 Å². The predicted octanol–water partition coefficient (Wildman–Crippen LogP) is 1.82. The van der Waals surface area contributed by atoms with Crippen LogP contribution in [0.3, 0.4) is 0 Å².